The molecule has 1 fully saturated rings. The fourth-order valence-corrected chi connectivity index (χ4v) is 9.23. The number of aryl methyl sites for hydroxylation is 2. The van der Waals surface area contributed by atoms with Crippen molar-refractivity contribution in [2.45, 2.75) is 78.5 Å². The summed E-state index contributed by atoms with van der Waals surface area (Å²) in [5, 5.41) is 4.38. The molecule has 0 unspecified atom stereocenters. The first-order valence-electron chi connectivity index (χ1n) is 20.3. The van der Waals surface area contributed by atoms with Crippen molar-refractivity contribution in [3.63, 3.8) is 0 Å². The van der Waals surface area contributed by atoms with Crippen molar-refractivity contribution in [3.8, 4) is 28.2 Å². The van der Waals surface area contributed by atoms with Crippen molar-refractivity contribution in [2.75, 3.05) is 0 Å². The smallest absolute Gasteiger partial charge is 0.298 e. The van der Waals surface area contributed by atoms with Crippen LogP contribution in [0.3, 0.4) is 0 Å². The van der Waals surface area contributed by atoms with Crippen LogP contribution in [0.15, 0.2) is 124 Å². The van der Waals surface area contributed by atoms with E-state index in [0.29, 0.717) is 5.41 Å². The molecule has 55 heavy (non-hydrogen) atoms. The summed E-state index contributed by atoms with van der Waals surface area (Å²) >= 11 is 0. The molecule has 0 radical (unpaired) electrons. The van der Waals surface area contributed by atoms with Crippen molar-refractivity contribution >= 4 is 54.9 Å². The maximum atomic E-state index is 9.34. The van der Waals surface area contributed by atoms with Crippen LogP contribution in [0.25, 0.3) is 83.1 Å². The Balaban J connectivity index is 1.10. The number of imidazole rings is 1. The molecule has 0 saturated heterocycles. The lowest BCUT2D eigenvalue weighted by molar-refractivity contribution is -0.633. The van der Waals surface area contributed by atoms with Gasteiger partial charge in [0.15, 0.2) is 16.6 Å². The van der Waals surface area contributed by atoms with E-state index in [9.17, 15) is 1.37 Å². The summed E-state index contributed by atoms with van der Waals surface area (Å²) in [4.78, 5) is 0. The van der Waals surface area contributed by atoms with Crippen molar-refractivity contribution in [1.29, 1.82) is 0 Å². The summed E-state index contributed by atoms with van der Waals surface area (Å²) in [6, 6.07) is 41.5. The molecule has 1 aliphatic carbocycles. The van der Waals surface area contributed by atoms with Gasteiger partial charge in [-0.25, -0.2) is 4.57 Å². The summed E-state index contributed by atoms with van der Waals surface area (Å²) in [6.07, 6.45) is 3.91. The standard InChI is InChI=1S/C51H49N2O2/c1-31-16-20-38-36-21-18-35(33-19-23-44-39(28-33)37-22-17-34(29-45(37)54-44)32-24-26-51(5,6)27-25-32)30-46(36)55-48(38)47(31)49-52(7)42-14-10-11-15-43(42)53(49)41-13-9-8-12-40(41)50(2,3)4/h8-23,28-30,32H,24-27H2,1-7H3/q+1/i32D. The fourth-order valence-electron chi connectivity index (χ4n) is 9.23. The van der Waals surface area contributed by atoms with Crippen LogP contribution in [-0.4, -0.2) is 4.57 Å². The van der Waals surface area contributed by atoms with E-state index in [1.165, 1.54) is 11.3 Å². The molecular formula is C51H49N2O2+. The maximum absolute atomic E-state index is 9.34. The monoisotopic (exact) mass is 722 g/mol. The van der Waals surface area contributed by atoms with Crippen LogP contribution in [0, 0.1) is 12.3 Å². The van der Waals surface area contributed by atoms with Gasteiger partial charge in [-0.1, -0.05) is 101 Å². The minimum absolute atomic E-state index is 0.0548. The molecule has 3 aromatic heterocycles. The zero-order chi connectivity index (χ0) is 38.7. The Morgan fingerprint density at radius 2 is 1.38 bits per heavy atom. The van der Waals surface area contributed by atoms with Gasteiger partial charge in [-0.3, -0.25) is 0 Å². The molecule has 0 atom stereocenters. The first-order chi connectivity index (χ1) is 26.8. The Kier molecular flexibility index (Phi) is 7.27. The highest BCUT2D eigenvalue weighted by molar-refractivity contribution is 6.11. The molecule has 274 valence electrons. The molecule has 1 saturated carbocycles. The minimum atomic E-state index is -0.556. The maximum Gasteiger partial charge on any atom is 0.298 e. The number of furan rings is 2. The van der Waals surface area contributed by atoms with Crippen LogP contribution in [0.2, 0.25) is 0 Å². The van der Waals surface area contributed by atoms with E-state index in [1.54, 1.807) is 0 Å². The van der Waals surface area contributed by atoms with Gasteiger partial charge in [0.05, 0.1) is 7.05 Å². The Hall–Kier alpha value is -5.61. The Morgan fingerprint density at radius 1 is 0.709 bits per heavy atom. The summed E-state index contributed by atoms with van der Waals surface area (Å²) in [7, 11) is 2.17. The van der Waals surface area contributed by atoms with Crippen LogP contribution in [0.5, 0.6) is 0 Å². The molecular weight excluding hydrogens is 673 g/mol. The fraction of sp³-hybridized carbons (Fsp3) is 0.275. The number of nitrogens with zero attached hydrogens (tertiary/aromatic N) is 2. The Morgan fingerprint density at radius 3 is 2.20 bits per heavy atom. The number of hydrogen-bond acceptors (Lipinski definition) is 2. The molecule has 0 N–H and O–H groups in total. The van der Waals surface area contributed by atoms with Crippen LogP contribution in [0.1, 0.15) is 84.3 Å². The third-order valence-electron chi connectivity index (χ3n) is 12.5. The van der Waals surface area contributed by atoms with Gasteiger partial charge in [0.2, 0.25) is 0 Å². The molecule has 1 aliphatic rings. The second-order valence-corrected chi connectivity index (χ2v) is 17.7. The molecule has 0 amide bonds. The van der Waals surface area contributed by atoms with E-state index < -0.39 is 5.89 Å². The first-order valence-corrected chi connectivity index (χ1v) is 19.8. The van der Waals surface area contributed by atoms with Crippen molar-refractivity contribution < 1.29 is 14.8 Å². The van der Waals surface area contributed by atoms with Gasteiger partial charge in [-0.15, -0.1) is 0 Å². The Labute approximate surface area is 324 Å². The lowest BCUT2D eigenvalue weighted by Gasteiger charge is -2.34. The summed E-state index contributed by atoms with van der Waals surface area (Å²) in [5.74, 6) is 0.536. The molecule has 0 aliphatic heterocycles. The largest absolute Gasteiger partial charge is 0.456 e. The van der Waals surface area contributed by atoms with Crippen molar-refractivity contribution in [3.05, 3.63) is 132 Å². The highest BCUT2D eigenvalue weighted by atomic mass is 16.3. The van der Waals surface area contributed by atoms with Gasteiger partial charge in [0.25, 0.3) is 5.82 Å². The summed E-state index contributed by atoms with van der Waals surface area (Å²) in [6.45, 7) is 13.7. The van der Waals surface area contributed by atoms with Gasteiger partial charge < -0.3 is 8.83 Å². The molecule has 6 aromatic carbocycles. The van der Waals surface area contributed by atoms with Gasteiger partial charge >= 0.3 is 0 Å². The molecule has 10 rings (SSSR count). The predicted molar refractivity (Wildman–Crippen MR) is 228 cm³/mol. The number of aromatic nitrogens is 2. The van der Waals surface area contributed by atoms with E-state index in [1.807, 2.05) is 0 Å². The highest BCUT2D eigenvalue weighted by Crippen LogP contribution is 2.45. The van der Waals surface area contributed by atoms with Crippen LogP contribution in [0.4, 0.5) is 0 Å². The number of para-hydroxylation sites is 3. The van der Waals surface area contributed by atoms with Crippen molar-refractivity contribution in [1.82, 2.24) is 4.57 Å². The second kappa shape index (κ2) is 12.2. The third-order valence-corrected chi connectivity index (χ3v) is 12.5. The van der Waals surface area contributed by atoms with Gasteiger partial charge in [0.1, 0.15) is 28.0 Å². The van der Waals surface area contributed by atoms with E-state index >= 15 is 0 Å². The van der Waals surface area contributed by atoms with E-state index in [2.05, 4.69) is 173 Å². The lowest BCUT2D eigenvalue weighted by Crippen LogP contribution is -2.30. The number of fused-ring (bicyclic) bond motifs is 7. The molecule has 0 spiro atoms. The highest BCUT2D eigenvalue weighted by Gasteiger charge is 2.33. The quantitative estimate of drug-likeness (QED) is 0.170. The van der Waals surface area contributed by atoms with E-state index in [4.69, 9.17) is 8.83 Å². The lowest BCUT2D eigenvalue weighted by atomic mass is 9.71. The van der Waals surface area contributed by atoms with Crippen LogP contribution >= 0.6 is 0 Å². The molecule has 3 heterocycles. The molecule has 4 nitrogen and oxygen atoms in total. The average molecular weight is 723 g/mol. The number of benzene rings is 6. The second-order valence-electron chi connectivity index (χ2n) is 17.7. The molecule has 9 aromatic rings. The SMILES string of the molecule is [2H]C1(c2ccc3c(c2)oc2ccc(-c4ccc5c(c4)oc4c(-c6n(-c7ccccc7C(C)(C)C)c7ccccc7[n+]6C)c(C)ccc45)cc23)CCC(C)(C)CC1. The van der Waals surface area contributed by atoms with Crippen LogP contribution in [-0.2, 0) is 12.5 Å². The average Bonchev–Trinajstić information content (AvgIpc) is 3.84. The topological polar surface area (TPSA) is 35.1 Å². The third kappa shape index (κ3) is 5.44. The predicted octanol–water partition coefficient (Wildman–Crippen LogP) is 13.9. The summed E-state index contributed by atoms with van der Waals surface area (Å²) < 4.78 is 27.5. The Bertz CT molecular complexity index is 3030. The van der Waals surface area contributed by atoms with E-state index in [0.717, 1.165) is 114 Å². The molecule has 4 heteroatoms. The zero-order valence-corrected chi connectivity index (χ0v) is 33.0. The zero-order valence-electron chi connectivity index (χ0n) is 34.0. The van der Waals surface area contributed by atoms with Crippen molar-refractivity contribution in [2.24, 2.45) is 12.5 Å². The number of hydrogen-bond donors (Lipinski definition) is 0. The normalized spacial score (nSPS) is 16.2. The van der Waals surface area contributed by atoms with E-state index in [-0.39, 0.29) is 5.41 Å². The number of rotatable bonds is 4. The van der Waals surface area contributed by atoms with Crippen LogP contribution < -0.4 is 4.57 Å². The van der Waals surface area contributed by atoms with Gasteiger partial charge in [0, 0.05) is 28.5 Å². The molecule has 0 bridgehead atoms. The minimum Gasteiger partial charge on any atom is -0.456 e. The first kappa shape index (κ1) is 32.8. The van der Waals surface area contributed by atoms with Gasteiger partial charge in [-0.05, 0) is 120 Å². The van der Waals surface area contributed by atoms with Gasteiger partial charge in [-0.2, -0.15) is 4.57 Å². The summed E-state index contributed by atoms with van der Waals surface area (Å²) in [5.41, 5.74) is 14.1.